The van der Waals surface area contributed by atoms with Gasteiger partial charge in [-0.15, -0.1) is 5.10 Å². The van der Waals surface area contributed by atoms with Crippen LogP contribution in [0, 0.1) is 5.82 Å². The van der Waals surface area contributed by atoms with Crippen molar-refractivity contribution in [3.63, 3.8) is 0 Å². The summed E-state index contributed by atoms with van der Waals surface area (Å²) >= 11 is 6.11. The van der Waals surface area contributed by atoms with Gasteiger partial charge in [-0.2, -0.15) is 23.0 Å². The summed E-state index contributed by atoms with van der Waals surface area (Å²) in [6, 6.07) is 5.76. The van der Waals surface area contributed by atoms with Gasteiger partial charge in [0.25, 0.3) is 0 Å². The van der Waals surface area contributed by atoms with Crippen LogP contribution in [-0.2, 0) is 4.79 Å². The van der Waals surface area contributed by atoms with Crippen molar-refractivity contribution in [2.24, 2.45) is 0 Å². The zero-order valence-corrected chi connectivity index (χ0v) is 19.7. The molecule has 2 N–H and O–H groups in total. The number of aromatic nitrogens is 7. The summed E-state index contributed by atoms with van der Waals surface area (Å²) in [5, 5.41) is 15.8. The quantitative estimate of drug-likeness (QED) is 0.396. The van der Waals surface area contributed by atoms with Gasteiger partial charge in [0.1, 0.15) is 16.7 Å². The number of piperidine rings is 1. The third-order valence-corrected chi connectivity index (χ3v) is 6.47. The Morgan fingerprint density at radius 3 is 2.62 bits per heavy atom. The summed E-state index contributed by atoms with van der Waals surface area (Å²) < 4.78 is 55.0. The number of rotatable bonds is 4. The maximum Gasteiger partial charge on any atom is 0.471 e. The average molecular weight is 536 g/mol. The Morgan fingerprint density at radius 2 is 1.89 bits per heavy atom. The predicted octanol–water partition coefficient (Wildman–Crippen LogP) is 3.69. The first-order valence-corrected chi connectivity index (χ1v) is 11.4. The number of carbonyl (C=O) groups is 1. The SMILES string of the molecule is Nc1ncc(-c2cnn(C3CCN(C(=O)C(F)(F)F)CC3)c2)cc1-c1nnnn1-c1cccc(F)c1Cl. The van der Waals surface area contributed by atoms with E-state index in [2.05, 4.69) is 25.6 Å². The Balaban J connectivity index is 1.39. The number of halogens is 5. The molecule has 5 rings (SSSR count). The van der Waals surface area contributed by atoms with Crippen LogP contribution in [0.5, 0.6) is 0 Å². The molecule has 0 aliphatic carbocycles. The zero-order chi connectivity index (χ0) is 26.3. The van der Waals surface area contributed by atoms with E-state index in [9.17, 15) is 22.4 Å². The van der Waals surface area contributed by atoms with Gasteiger partial charge in [-0.05, 0) is 41.5 Å². The molecule has 1 aliphatic heterocycles. The topological polar surface area (TPSA) is 121 Å². The second-order valence-electron chi connectivity index (χ2n) is 8.37. The lowest BCUT2D eigenvalue weighted by molar-refractivity contribution is -0.186. The highest BCUT2D eigenvalue weighted by molar-refractivity contribution is 6.32. The Bertz CT molecular complexity index is 1460. The fourth-order valence-corrected chi connectivity index (χ4v) is 4.39. The van der Waals surface area contributed by atoms with Gasteiger partial charge in [-0.1, -0.05) is 17.7 Å². The number of tetrazole rings is 1. The van der Waals surface area contributed by atoms with Gasteiger partial charge in [0.05, 0.1) is 23.5 Å². The Morgan fingerprint density at radius 1 is 1.14 bits per heavy atom. The van der Waals surface area contributed by atoms with Crippen LogP contribution >= 0.6 is 11.6 Å². The van der Waals surface area contributed by atoms with Crippen LogP contribution in [0.2, 0.25) is 5.02 Å². The molecule has 37 heavy (non-hydrogen) atoms. The first-order chi connectivity index (χ1) is 17.6. The molecule has 192 valence electrons. The fraction of sp³-hybridized carbons (Fsp3) is 0.273. The van der Waals surface area contributed by atoms with Crippen LogP contribution in [0.15, 0.2) is 42.9 Å². The van der Waals surface area contributed by atoms with Crippen LogP contribution in [0.3, 0.4) is 0 Å². The minimum atomic E-state index is -4.88. The van der Waals surface area contributed by atoms with E-state index in [1.807, 2.05) is 0 Å². The predicted molar refractivity (Wildman–Crippen MR) is 124 cm³/mol. The van der Waals surface area contributed by atoms with E-state index in [1.165, 1.54) is 23.0 Å². The van der Waals surface area contributed by atoms with Gasteiger partial charge < -0.3 is 10.6 Å². The van der Waals surface area contributed by atoms with E-state index in [1.54, 1.807) is 29.2 Å². The number of amides is 1. The molecule has 1 fully saturated rings. The normalized spacial score (nSPS) is 14.8. The maximum absolute atomic E-state index is 14.0. The van der Waals surface area contributed by atoms with Crippen LogP contribution in [0.1, 0.15) is 18.9 Å². The number of nitrogens with zero attached hydrogens (tertiary/aromatic N) is 8. The molecule has 4 aromatic rings. The minimum absolute atomic E-state index is 0.0168. The van der Waals surface area contributed by atoms with Gasteiger partial charge in [0.15, 0.2) is 5.82 Å². The van der Waals surface area contributed by atoms with Gasteiger partial charge in [0.2, 0.25) is 0 Å². The van der Waals surface area contributed by atoms with Gasteiger partial charge >= 0.3 is 12.1 Å². The van der Waals surface area contributed by atoms with E-state index < -0.39 is 17.9 Å². The molecule has 4 heterocycles. The molecular weight excluding hydrogens is 518 g/mol. The molecule has 10 nitrogen and oxygen atoms in total. The lowest BCUT2D eigenvalue weighted by atomic mass is 10.0. The summed E-state index contributed by atoms with van der Waals surface area (Å²) in [6.45, 7) is -0.0336. The Hall–Kier alpha value is -4.07. The number of pyridine rings is 1. The largest absolute Gasteiger partial charge is 0.471 e. The number of benzene rings is 1. The van der Waals surface area contributed by atoms with E-state index in [-0.39, 0.29) is 41.5 Å². The summed E-state index contributed by atoms with van der Waals surface area (Å²) in [5.41, 5.74) is 7.99. The van der Waals surface area contributed by atoms with E-state index in [0.717, 1.165) is 4.90 Å². The van der Waals surface area contributed by atoms with Crippen molar-refractivity contribution in [2.45, 2.75) is 25.1 Å². The molecule has 1 saturated heterocycles. The lowest BCUT2D eigenvalue weighted by Gasteiger charge is -2.32. The molecule has 1 aromatic carbocycles. The minimum Gasteiger partial charge on any atom is -0.383 e. The molecule has 0 radical (unpaired) electrons. The van der Waals surface area contributed by atoms with E-state index in [4.69, 9.17) is 17.3 Å². The van der Waals surface area contributed by atoms with Crippen LogP contribution in [0.4, 0.5) is 23.4 Å². The number of hydrogen-bond donors (Lipinski definition) is 1. The van der Waals surface area contributed by atoms with Crippen molar-refractivity contribution < 1.29 is 22.4 Å². The molecule has 0 bridgehead atoms. The molecule has 3 aromatic heterocycles. The highest BCUT2D eigenvalue weighted by Crippen LogP contribution is 2.32. The third-order valence-electron chi connectivity index (χ3n) is 6.09. The van der Waals surface area contributed by atoms with Crippen molar-refractivity contribution in [2.75, 3.05) is 18.8 Å². The van der Waals surface area contributed by atoms with Crippen molar-refractivity contribution in [3.05, 3.63) is 53.7 Å². The molecular formula is C22H18ClF4N9O. The van der Waals surface area contributed by atoms with Crippen LogP contribution in [0.25, 0.3) is 28.2 Å². The summed E-state index contributed by atoms with van der Waals surface area (Å²) in [7, 11) is 0. The summed E-state index contributed by atoms with van der Waals surface area (Å²) in [6.07, 6.45) is 0.653. The number of nitrogens with two attached hydrogens (primary N) is 1. The number of carbonyl (C=O) groups excluding carboxylic acids is 1. The number of nitrogen functional groups attached to an aromatic ring is 1. The highest BCUT2D eigenvalue weighted by Gasteiger charge is 2.43. The first-order valence-electron chi connectivity index (χ1n) is 11.0. The monoisotopic (exact) mass is 535 g/mol. The fourth-order valence-electron chi connectivity index (χ4n) is 4.19. The Labute approximate surface area is 211 Å². The molecule has 15 heteroatoms. The van der Waals surface area contributed by atoms with Crippen molar-refractivity contribution in [1.82, 2.24) is 39.9 Å². The molecule has 0 atom stereocenters. The summed E-state index contributed by atoms with van der Waals surface area (Å²) in [4.78, 5) is 16.5. The number of hydrogen-bond acceptors (Lipinski definition) is 7. The molecule has 0 spiro atoms. The van der Waals surface area contributed by atoms with E-state index >= 15 is 0 Å². The first kappa shape index (κ1) is 24.6. The van der Waals surface area contributed by atoms with Crippen molar-refractivity contribution in [3.8, 4) is 28.2 Å². The smallest absolute Gasteiger partial charge is 0.383 e. The van der Waals surface area contributed by atoms with Crippen molar-refractivity contribution in [1.29, 1.82) is 0 Å². The zero-order valence-electron chi connectivity index (χ0n) is 18.9. The lowest BCUT2D eigenvalue weighted by Crippen LogP contribution is -2.45. The molecule has 0 saturated carbocycles. The second-order valence-corrected chi connectivity index (χ2v) is 8.75. The third kappa shape index (κ3) is 4.71. The number of likely N-dealkylation sites (tertiary alicyclic amines) is 1. The Kier molecular flexibility index (Phi) is 6.27. The maximum atomic E-state index is 14.0. The number of anilines is 1. The highest BCUT2D eigenvalue weighted by atomic mass is 35.5. The van der Waals surface area contributed by atoms with Gasteiger partial charge in [-0.25, -0.2) is 9.37 Å². The van der Waals surface area contributed by atoms with Crippen LogP contribution < -0.4 is 5.73 Å². The summed E-state index contributed by atoms with van der Waals surface area (Å²) in [5.74, 6) is -2.15. The van der Waals surface area contributed by atoms with Gasteiger partial charge in [-0.3, -0.25) is 9.48 Å². The van der Waals surface area contributed by atoms with Gasteiger partial charge in [0, 0.05) is 36.6 Å². The number of alkyl halides is 3. The van der Waals surface area contributed by atoms with Crippen LogP contribution in [-0.4, -0.2) is 65.0 Å². The van der Waals surface area contributed by atoms with Crippen molar-refractivity contribution >= 4 is 23.3 Å². The molecule has 1 aliphatic rings. The second kappa shape index (κ2) is 9.42. The molecule has 1 amide bonds. The average Bonchev–Trinajstić information content (AvgIpc) is 3.56. The molecule has 0 unspecified atom stereocenters. The standard InChI is InChI=1S/C22H18ClF4N9O/c23-18-16(24)2-1-3-17(18)36-20(31-32-33-36)15-8-12(9-29-19(15)28)13-10-30-35(11-13)14-4-6-34(7-5-14)21(37)22(25,26)27/h1-3,8-11,14H,4-7H2,(H2,28,29). The van der Waals surface area contributed by atoms with E-state index in [0.29, 0.717) is 29.5 Å².